The summed E-state index contributed by atoms with van der Waals surface area (Å²) in [4.78, 5) is 0. The Labute approximate surface area is 143 Å². The number of ether oxygens (including phenoxy) is 1. The third-order valence-electron chi connectivity index (χ3n) is 4.41. The summed E-state index contributed by atoms with van der Waals surface area (Å²) >= 11 is 0. The van der Waals surface area contributed by atoms with E-state index in [0.717, 1.165) is 17.7 Å². The summed E-state index contributed by atoms with van der Waals surface area (Å²) in [5.74, 6) is 0.945. The van der Waals surface area contributed by atoms with Gasteiger partial charge >= 0.3 is 0 Å². The maximum Gasteiger partial charge on any atom is 0.127 e. The third kappa shape index (κ3) is 2.71. The summed E-state index contributed by atoms with van der Waals surface area (Å²) in [6.45, 7) is 6.26. The normalized spacial score (nSPS) is 12.6. The molecule has 0 radical (unpaired) electrons. The average Bonchev–Trinajstić information content (AvgIpc) is 2.91. The van der Waals surface area contributed by atoms with E-state index in [0.29, 0.717) is 0 Å². The zero-order valence-corrected chi connectivity index (χ0v) is 14.5. The molecule has 0 saturated carbocycles. The zero-order chi connectivity index (χ0) is 16.7. The van der Waals surface area contributed by atoms with Gasteiger partial charge in [-0.15, -0.1) is 0 Å². The fourth-order valence-electron chi connectivity index (χ4n) is 3.44. The molecular formula is C23H22O. The van der Waals surface area contributed by atoms with E-state index < -0.39 is 0 Å². The molecule has 0 atom stereocenters. The summed E-state index contributed by atoms with van der Waals surface area (Å²) in [5, 5.41) is 0. The molecule has 0 saturated heterocycles. The molecule has 0 amide bonds. The summed E-state index contributed by atoms with van der Waals surface area (Å²) in [7, 11) is 0. The molecule has 0 unspecified atom stereocenters. The second kappa shape index (κ2) is 5.52. The third-order valence-corrected chi connectivity index (χ3v) is 4.41. The van der Waals surface area contributed by atoms with Crippen LogP contribution in [-0.2, 0) is 6.42 Å². The monoisotopic (exact) mass is 314 g/mol. The first-order valence-electron chi connectivity index (χ1n) is 8.51. The van der Waals surface area contributed by atoms with E-state index in [-0.39, 0.29) is 5.60 Å². The summed E-state index contributed by atoms with van der Waals surface area (Å²) in [6, 6.07) is 23.8. The van der Waals surface area contributed by atoms with Crippen molar-refractivity contribution >= 4 is 0 Å². The topological polar surface area (TPSA) is 9.23 Å². The molecule has 0 bridgehead atoms. The number of rotatable bonds is 2. The van der Waals surface area contributed by atoms with Gasteiger partial charge < -0.3 is 4.74 Å². The summed E-state index contributed by atoms with van der Waals surface area (Å²) in [6.07, 6.45) is 1.02. The van der Waals surface area contributed by atoms with Crippen LogP contribution in [0, 0.1) is 0 Å². The Morgan fingerprint density at radius 2 is 1.38 bits per heavy atom. The molecule has 4 rings (SSSR count). The minimum atomic E-state index is -0.205. The number of fused-ring (bicyclic) bond motifs is 3. The van der Waals surface area contributed by atoms with Crippen LogP contribution in [0.1, 0.15) is 31.9 Å². The van der Waals surface area contributed by atoms with Gasteiger partial charge in [-0.05, 0) is 61.1 Å². The first kappa shape index (κ1) is 15.0. The molecule has 3 aromatic carbocycles. The summed E-state index contributed by atoms with van der Waals surface area (Å²) in [5.41, 5.74) is 7.74. The highest BCUT2D eigenvalue weighted by Gasteiger charge is 2.20. The fraction of sp³-hybridized carbons (Fsp3) is 0.217. The Morgan fingerprint density at radius 3 is 2.17 bits per heavy atom. The van der Waals surface area contributed by atoms with Gasteiger partial charge in [0, 0.05) is 5.56 Å². The molecule has 0 aliphatic heterocycles. The van der Waals surface area contributed by atoms with Crippen LogP contribution in [0.25, 0.3) is 22.3 Å². The Hall–Kier alpha value is -2.54. The van der Waals surface area contributed by atoms with Crippen molar-refractivity contribution in [1.29, 1.82) is 0 Å². The number of hydrogen-bond donors (Lipinski definition) is 0. The van der Waals surface area contributed by atoms with E-state index in [2.05, 4.69) is 81.4 Å². The highest BCUT2D eigenvalue weighted by atomic mass is 16.5. The minimum absolute atomic E-state index is 0.205. The van der Waals surface area contributed by atoms with Crippen LogP contribution in [0.5, 0.6) is 5.75 Å². The van der Waals surface area contributed by atoms with Crippen molar-refractivity contribution in [1.82, 2.24) is 0 Å². The molecule has 0 N–H and O–H groups in total. The molecule has 1 heteroatoms. The van der Waals surface area contributed by atoms with Gasteiger partial charge in [-0.2, -0.15) is 0 Å². The number of hydrogen-bond acceptors (Lipinski definition) is 1. The van der Waals surface area contributed by atoms with Gasteiger partial charge in [0.25, 0.3) is 0 Å². The van der Waals surface area contributed by atoms with Gasteiger partial charge in [-0.3, -0.25) is 0 Å². The molecule has 0 spiro atoms. The van der Waals surface area contributed by atoms with Gasteiger partial charge in [0.2, 0.25) is 0 Å². The molecular weight excluding hydrogens is 292 g/mol. The van der Waals surface area contributed by atoms with Gasteiger partial charge in [0.15, 0.2) is 0 Å². The SMILES string of the molecule is CC(C)(C)Oc1ccccc1-c1ccc2c(c1)Cc1ccccc1-2. The second-order valence-corrected chi connectivity index (χ2v) is 7.42. The summed E-state index contributed by atoms with van der Waals surface area (Å²) < 4.78 is 6.17. The van der Waals surface area contributed by atoms with Crippen molar-refractivity contribution in [2.75, 3.05) is 0 Å². The fourth-order valence-corrected chi connectivity index (χ4v) is 3.44. The molecule has 3 aromatic rings. The van der Waals surface area contributed by atoms with Crippen molar-refractivity contribution in [3.05, 3.63) is 77.9 Å². The van der Waals surface area contributed by atoms with E-state index in [1.54, 1.807) is 0 Å². The number of para-hydroxylation sites is 1. The standard InChI is InChI=1S/C23H22O/c1-23(2,3)24-22-11-7-6-10-21(22)17-12-13-20-18(15-17)14-16-8-4-5-9-19(16)20/h4-13,15H,14H2,1-3H3. The van der Waals surface area contributed by atoms with Crippen molar-refractivity contribution in [2.45, 2.75) is 32.8 Å². The van der Waals surface area contributed by atoms with E-state index in [1.165, 1.54) is 27.8 Å². The first-order valence-corrected chi connectivity index (χ1v) is 8.51. The lowest BCUT2D eigenvalue weighted by molar-refractivity contribution is 0.132. The molecule has 1 nitrogen and oxygen atoms in total. The molecule has 1 aliphatic carbocycles. The first-order chi connectivity index (χ1) is 11.5. The van der Waals surface area contributed by atoms with Crippen LogP contribution >= 0.6 is 0 Å². The highest BCUT2D eigenvalue weighted by Crippen LogP contribution is 2.40. The average molecular weight is 314 g/mol. The molecule has 1 aliphatic rings. The van der Waals surface area contributed by atoms with E-state index >= 15 is 0 Å². The zero-order valence-electron chi connectivity index (χ0n) is 14.5. The smallest absolute Gasteiger partial charge is 0.127 e. The molecule has 0 heterocycles. The molecule has 0 fully saturated rings. The van der Waals surface area contributed by atoms with Gasteiger partial charge in [0.1, 0.15) is 11.4 Å². The van der Waals surface area contributed by atoms with Crippen LogP contribution in [0.3, 0.4) is 0 Å². The van der Waals surface area contributed by atoms with Gasteiger partial charge in [-0.25, -0.2) is 0 Å². The predicted octanol–water partition coefficient (Wildman–Crippen LogP) is 6.10. The lowest BCUT2D eigenvalue weighted by Gasteiger charge is -2.23. The lowest BCUT2D eigenvalue weighted by Crippen LogP contribution is -2.23. The Morgan fingerprint density at radius 1 is 0.708 bits per heavy atom. The van der Waals surface area contributed by atoms with Crippen LogP contribution < -0.4 is 4.74 Å². The van der Waals surface area contributed by atoms with Gasteiger partial charge in [-0.1, -0.05) is 60.7 Å². The highest BCUT2D eigenvalue weighted by molar-refractivity contribution is 5.81. The second-order valence-electron chi connectivity index (χ2n) is 7.42. The Balaban J connectivity index is 1.77. The number of benzene rings is 3. The van der Waals surface area contributed by atoms with Gasteiger partial charge in [0.05, 0.1) is 0 Å². The van der Waals surface area contributed by atoms with Crippen LogP contribution in [0.4, 0.5) is 0 Å². The van der Waals surface area contributed by atoms with E-state index in [4.69, 9.17) is 4.74 Å². The maximum atomic E-state index is 6.17. The van der Waals surface area contributed by atoms with Crippen LogP contribution in [0.2, 0.25) is 0 Å². The van der Waals surface area contributed by atoms with Crippen molar-refractivity contribution in [2.24, 2.45) is 0 Å². The largest absolute Gasteiger partial charge is 0.488 e. The molecule has 24 heavy (non-hydrogen) atoms. The van der Waals surface area contributed by atoms with Crippen LogP contribution in [0.15, 0.2) is 66.7 Å². The molecule has 120 valence electrons. The minimum Gasteiger partial charge on any atom is -0.488 e. The Bertz CT molecular complexity index is 900. The van der Waals surface area contributed by atoms with Crippen molar-refractivity contribution < 1.29 is 4.74 Å². The van der Waals surface area contributed by atoms with Crippen molar-refractivity contribution in [3.63, 3.8) is 0 Å². The van der Waals surface area contributed by atoms with Crippen molar-refractivity contribution in [3.8, 4) is 28.0 Å². The quantitative estimate of drug-likeness (QED) is 0.434. The van der Waals surface area contributed by atoms with Crippen LogP contribution in [-0.4, -0.2) is 5.60 Å². The van der Waals surface area contributed by atoms with E-state index in [1.807, 2.05) is 6.07 Å². The predicted molar refractivity (Wildman–Crippen MR) is 101 cm³/mol. The van der Waals surface area contributed by atoms with E-state index in [9.17, 15) is 0 Å². The lowest BCUT2D eigenvalue weighted by atomic mass is 9.98. The molecule has 0 aromatic heterocycles. The maximum absolute atomic E-state index is 6.17. The Kier molecular flexibility index (Phi) is 3.45.